The molecule has 0 saturated carbocycles. The van der Waals surface area contributed by atoms with Crippen LogP contribution >= 0.6 is 0 Å². The smallest absolute Gasteiger partial charge is 0.0566 e. The number of ether oxygens (including phenoxy) is 1. The highest BCUT2D eigenvalue weighted by Gasteiger charge is 2.13. The molecule has 0 radical (unpaired) electrons. The van der Waals surface area contributed by atoms with E-state index in [0.29, 0.717) is 11.8 Å². The SMILES string of the molecule is COCCC(C)C(O)CCC(C)C. The van der Waals surface area contributed by atoms with E-state index in [2.05, 4.69) is 20.8 Å². The van der Waals surface area contributed by atoms with E-state index in [-0.39, 0.29) is 6.10 Å². The average molecular weight is 188 g/mol. The maximum absolute atomic E-state index is 9.74. The molecule has 0 aromatic carbocycles. The fourth-order valence-electron chi connectivity index (χ4n) is 1.28. The number of hydrogen-bond acceptors (Lipinski definition) is 2. The molecule has 0 aliphatic heterocycles. The average Bonchev–Trinajstić information content (AvgIpc) is 2.10. The Kier molecular flexibility index (Phi) is 7.29. The quantitative estimate of drug-likeness (QED) is 0.665. The van der Waals surface area contributed by atoms with Crippen LogP contribution in [-0.4, -0.2) is 24.9 Å². The van der Waals surface area contributed by atoms with Crippen molar-refractivity contribution in [2.75, 3.05) is 13.7 Å². The van der Waals surface area contributed by atoms with Crippen LogP contribution < -0.4 is 0 Å². The van der Waals surface area contributed by atoms with Crippen LogP contribution in [0.3, 0.4) is 0 Å². The third-order valence-electron chi connectivity index (χ3n) is 2.47. The molecule has 13 heavy (non-hydrogen) atoms. The molecule has 0 rings (SSSR count). The summed E-state index contributed by atoms with van der Waals surface area (Å²) >= 11 is 0. The summed E-state index contributed by atoms with van der Waals surface area (Å²) in [6.45, 7) is 7.21. The second-order valence-corrected chi connectivity index (χ2v) is 4.30. The van der Waals surface area contributed by atoms with Crippen LogP contribution in [0.4, 0.5) is 0 Å². The first kappa shape index (κ1) is 12.9. The van der Waals surface area contributed by atoms with Crippen molar-refractivity contribution >= 4 is 0 Å². The molecule has 1 N–H and O–H groups in total. The summed E-state index contributed by atoms with van der Waals surface area (Å²) in [5.41, 5.74) is 0. The van der Waals surface area contributed by atoms with Gasteiger partial charge in [0, 0.05) is 13.7 Å². The van der Waals surface area contributed by atoms with Gasteiger partial charge >= 0.3 is 0 Å². The van der Waals surface area contributed by atoms with Gasteiger partial charge in [0.05, 0.1) is 6.10 Å². The minimum Gasteiger partial charge on any atom is -0.393 e. The number of aliphatic hydroxyl groups is 1. The molecule has 0 bridgehead atoms. The standard InChI is InChI=1S/C11H24O2/c1-9(2)5-6-11(12)10(3)7-8-13-4/h9-12H,5-8H2,1-4H3. The predicted octanol–water partition coefficient (Wildman–Crippen LogP) is 2.46. The van der Waals surface area contributed by atoms with Crippen LogP contribution in [-0.2, 0) is 4.74 Å². The Morgan fingerprint density at radius 3 is 2.15 bits per heavy atom. The normalized spacial score (nSPS) is 16.2. The van der Waals surface area contributed by atoms with Gasteiger partial charge in [0.2, 0.25) is 0 Å². The Bertz CT molecular complexity index is 113. The Morgan fingerprint density at radius 2 is 1.69 bits per heavy atom. The minimum atomic E-state index is -0.155. The molecule has 0 aliphatic carbocycles. The van der Waals surface area contributed by atoms with E-state index in [9.17, 15) is 5.11 Å². The van der Waals surface area contributed by atoms with Crippen LogP contribution in [0.2, 0.25) is 0 Å². The van der Waals surface area contributed by atoms with Gasteiger partial charge in [-0.05, 0) is 31.1 Å². The van der Waals surface area contributed by atoms with E-state index in [4.69, 9.17) is 4.74 Å². The maximum Gasteiger partial charge on any atom is 0.0566 e. The van der Waals surface area contributed by atoms with Gasteiger partial charge in [0.25, 0.3) is 0 Å². The first-order chi connectivity index (χ1) is 6.07. The lowest BCUT2D eigenvalue weighted by Crippen LogP contribution is -2.19. The molecule has 0 spiro atoms. The molecular formula is C11H24O2. The van der Waals surface area contributed by atoms with Gasteiger partial charge in [-0.15, -0.1) is 0 Å². The van der Waals surface area contributed by atoms with Gasteiger partial charge in [-0.2, -0.15) is 0 Å². The molecule has 2 nitrogen and oxygen atoms in total. The molecule has 0 aromatic rings. The lowest BCUT2D eigenvalue weighted by Gasteiger charge is -2.19. The van der Waals surface area contributed by atoms with E-state index in [1.54, 1.807) is 7.11 Å². The molecule has 0 heterocycles. The Morgan fingerprint density at radius 1 is 1.08 bits per heavy atom. The van der Waals surface area contributed by atoms with E-state index in [1.165, 1.54) is 0 Å². The molecule has 0 aromatic heterocycles. The van der Waals surface area contributed by atoms with Gasteiger partial charge in [-0.25, -0.2) is 0 Å². The first-order valence-corrected chi connectivity index (χ1v) is 5.25. The van der Waals surface area contributed by atoms with Gasteiger partial charge < -0.3 is 9.84 Å². The lowest BCUT2D eigenvalue weighted by atomic mass is 9.94. The fourth-order valence-corrected chi connectivity index (χ4v) is 1.28. The van der Waals surface area contributed by atoms with Crippen molar-refractivity contribution in [2.24, 2.45) is 11.8 Å². The number of aliphatic hydroxyl groups excluding tert-OH is 1. The van der Waals surface area contributed by atoms with Crippen LogP contribution in [0.25, 0.3) is 0 Å². The molecule has 2 atom stereocenters. The second kappa shape index (κ2) is 7.34. The summed E-state index contributed by atoms with van der Waals surface area (Å²) in [6.07, 6.45) is 2.83. The Hall–Kier alpha value is -0.0800. The van der Waals surface area contributed by atoms with Crippen molar-refractivity contribution in [1.29, 1.82) is 0 Å². The van der Waals surface area contributed by atoms with E-state index in [1.807, 2.05) is 0 Å². The van der Waals surface area contributed by atoms with Crippen molar-refractivity contribution in [2.45, 2.75) is 46.1 Å². The summed E-state index contributed by atoms with van der Waals surface area (Å²) in [7, 11) is 1.70. The van der Waals surface area contributed by atoms with Crippen LogP contribution in [0.15, 0.2) is 0 Å². The van der Waals surface area contributed by atoms with Crippen molar-refractivity contribution in [3.05, 3.63) is 0 Å². The van der Waals surface area contributed by atoms with Crippen molar-refractivity contribution in [1.82, 2.24) is 0 Å². The van der Waals surface area contributed by atoms with Crippen molar-refractivity contribution < 1.29 is 9.84 Å². The van der Waals surface area contributed by atoms with E-state index < -0.39 is 0 Å². The monoisotopic (exact) mass is 188 g/mol. The van der Waals surface area contributed by atoms with Gasteiger partial charge in [0.15, 0.2) is 0 Å². The summed E-state index contributed by atoms with van der Waals surface area (Å²) < 4.78 is 4.98. The summed E-state index contributed by atoms with van der Waals surface area (Å²) in [6, 6.07) is 0. The second-order valence-electron chi connectivity index (χ2n) is 4.30. The topological polar surface area (TPSA) is 29.5 Å². The molecule has 2 heteroatoms. The van der Waals surface area contributed by atoms with Gasteiger partial charge in [-0.1, -0.05) is 20.8 Å². The number of hydrogen-bond donors (Lipinski definition) is 1. The fraction of sp³-hybridized carbons (Fsp3) is 1.00. The molecule has 0 fully saturated rings. The van der Waals surface area contributed by atoms with Crippen molar-refractivity contribution in [3.8, 4) is 0 Å². The predicted molar refractivity (Wildman–Crippen MR) is 55.7 cm³/mol. The van der Waals surface area contributed by atoms with Gasteiger partial charge in [-0.3, -0.25) is 0 Å². The molecule has 0 amide bonds. The zero-order chi connectivity index (χ0) is 10.3. The highest BCUT2D eigenvalue weighted by atomic mass is 16.5. The Labute approximate surface area is 82.3 Å². The summed E-state index contributed by atoms with van der Waals surface area (Å²) in [5, 5.41) is 9.74. The Balaban J connectivity index is 3.50. The molecule has 0 saturated heterocycles. The molecular weight excluding hydrogens is 164 g/mol. The molecule has 2 unspecified atom stereocenters. The first-order valence-electron chi connectivity index (χ1n) is 5.25. The highest BCUT2D eigenvalue weighted by molar-refractivity contribution is 4.65. The number of methoxy groups -OCH3 is 1. The zero-order valence-corrected chi connectivity index (χ0v) is 9.42. The lowest BCUT2D eigenvalue weighted by molar-refractivity contribution is 0.0777. The number of rotatable bonds is 7. The van der Waals surface area contributed by atoms with Crippen LogP contribution in [0.5, 0.6) is 0 Å². The van der Waals surface area contributed by atoms with E-state index in [0.717, 1.165) is 25.9 Å². The van der Waals surface area contributed by atoms with Crippen LogP contribution in [0, 0.1) is 11.8 Å². The maximum atomic E-state index is 9.74. The largest absolute Gasteiger partial charge is 0.393 e. The summed E-state index contributed by atoms with van der Waals surface area (Å²) in [4.78, 5) is 0. The molecule has 0 aliphatic rings. The summed E-state index contributed by atoms with van der Waals surface area (Å²) in [5.74, 6) is 1.04. The highest BCUT2D eigenvalue weighted by Crippen LogP contribution is 2.15. The van der Waals surface area contributed by atoms with Gasteiger partial charge in [0.1, 0.15) is 0 Å². The van der Waals surface area contributed by atoms with Crippen molar-refractivity contribution in [3.63, 3.8) is 0 Å². The third kappa shape index (κ3) is 7.03. The third-order valence-corrected chi connectivity index (χ3v) is 2.47. The zero-order valence-electron chi connectivity index (χ0n) is 9.42. The minimum absolute atomic E-state index is 0.155. The van der Waals surface area contributed by atoms with E-state index >= 15 is 0 Å². The van der Waals surface area contributed by atoms with Crippen LogP contribution in [0.1, 0.15) is 40.0 Å². The molecule has 80 valence electrons.